The average molecular weight is 431 g/mol. The number of aliphatic imine (C=N–C) groups is 1. The molecule has 1 aromatic carbocycles. The minimum absolute atomic E-state index is 0.217. The van der Waals surface area contributed by atoms with Gasteiger partial charge in [-0.05, 0) is 37.1 Å². The molecule has 2 heterocycles. The van der Waals surface area contributed by atoms with Crippen molar-refractivity contribution in [3.8, 4) is 0 Å². The number of carbonyl (C=O) groups is 1. The van der Waals surface area contributed by atoms with Gasteiger partial charge >= 0.3 is 0 Å². The highest BCUT2D eigenvalue weighted by atomic mass is 16.5. The molecule has 2 fully saturated rings. The van der Waals surface area contributed by atoms with Crippen molar-refractivity contribution in [2.45, 2.75) is 20.4 Å². The molecule has 0 aliphatic carbocycles. The number of hydrogen-bond acceptors (Lipinski definition) is 5. The molecule has 2 aliphatic rings. The first kappa shape index (κ1) is 23.3. The van der Waals surface area contributed by atoms with Crippen molar-refractivity contribution in [3.05, 3.63) is 29.3 Å². The molecule has 2 saturated heterocycles. The Kier molecular flexibility index (Phi) is 8.54. The van der Waals surface area contributed by atoms with Gasteiger partial charge in [0.15, 0.2) is 5.96 Å². The van der Waals surface area contributed by atoms with Crippen LogP contribution in [0.4, 0.5) is 5.69 Å². The predicted octanol–water partition coefficient (Wildman–Crippen LogP) is 1.00. The average Bonchev–Trinajstić information content (AvgIpc) is 2.78. The second-order valence-electron chi connectivity index (χ2n) is 8.43. The summed E-state index contributed by atoms with van der Waals surface area (Å²) in [6.07, 6.45) is 0. The SMILES string of the molecule is CCNC(=NCc1ccc(N(C)C)cc1C)N1CCN(CC(=O)N2CCOCC2)CC1. The van der Waals surface area contributed by atoms with Crippen molar-refractivity contribution in [2.24, 2.45) is 4.99 Å². The highest BCUT2D eigenvalue weighted by Gasteiger charge is 2.24. The molecule has 0 atom stereocenters. The van der Waals surface area contributed by atoms with Crippen molar-refractivity contribution < 1.29 is 9.53 Å². The summed E-state index contributed by atoms with van der Waals surface area (Å²) in [4.78, 5) is 26.0. The second kappa shape index (κ2) is 11.3. The molecule has 8 nitrogen and oxygen atoms in total. The molecule has 1 N–H and O–H groups in total. The lowest BCUT2D eigenvalue weighted by atomic mass is 10.1. The lowest BCUT2D eigenvalue weighted by Crippen LogP contribution is -2.54. The van der Waals surface area contributed by atoms with Crippen LogP contribution < -0.4 is 10.2 Å². The fourth-order valence-corrected chi connectivity index (χ4v) is 3.94. The number of nitrogens with one attached hydrogen (secondary N) is 1. The molecule has 31 heavy (non-hydrogen) atoms. The van der Waals surface area contributed by atoms with Crippen molar-refractivity contribution >= 4 is 17.6 Å². The lowest BCUT2D eigenvalue weighted by Gasteiger charge is -2.37. The van der Waals surface area contributed by atoms with Crippen LogP contribution in [0.1, 0.15) is 18.1 Å². The molecule has 1 amide bonds. The quantitative estimate of drug-likeness (QED) is 0.537. The number of nitrogens with zero attached hydrogens (tertiary/aromatic N) is 5. The molecular weight excluding hydrogens is 392 g/mol. The van der Waals surface area contributed by atoms with Crippen LogP contribution in [0.5, 0.6) is 0 Å². The third-order valence-electron chi connectivity index (χ3n) is 5.97. The van der Waals surface area contributed by atoms with Gasteiger partial charge in [-0.2, -0.15) is 0 Å². The fraction of sp³-hybridized carbons (Fsp3) is 0.652. The maximum absolute atomic E-state index is 12.5. The first-order valence-corrected chi connectivity index (χ1v) is 11.4. The summed E-state index contributed by atoms with van der Waals surface area (Å²) in [5, 5.41) is 3.44. The van der Waals surface area contributed by atoms with E-state index in [0.29, 0.717) is 39.4 Å². The third kappa shape index (κ3) is 6.58. The lowest BCUT2D eigenvalue weighted by molar-refractivity contribution is -0.136. The van der Waals surface area contributed by atoms with Gasteiger partial charge in [0, 0.05) is 65.6 Å². The second-order valence-corrected chi connectivity index (χ2v) is 8.43. The Bertz CT molecular complexity index is 752. The number of guanidine groups is 1. The number of morpholine rings is 1. The third-order valence-corrected chi connectivity index (χ3v) is 5.97. The van der Waals surface area contributed by atoms with Gasteiger partial charge in [-0.25, -0.2) is 4.99 Å². The molecule has 0 spiro atoms. The molecule has 2 aliphatic heterocycles. The topological polar surface area (TPSA) is 63.7 Å². The zero-order chi connectivity index (χ0) is 22.2. The van der Waals surface area contributed by atoms with E-state index < -0.39 is 0 Å². The summed E-state index contributed by atoms with van der Waals surface area (Å²) in [6.45, 7) is 12.5. The highest BCUT2D eigenvalue weighted by Crippen LogP contribution is 2.18. The number of piperazine rings is 1. The van der Waals surface area contributed by atoms with Gasteiger partial charge in [-0.3, -0.25) is 9.69 Å². The van der Waals surface area contributed by atoms with E-state index in [1.165, 1.54) is 16.8 Å². The normalized spacial score (nSPS) is 18.3. The van der Waals surface area contributed by atoms with Crippen LogP contribution >= 0.6 is 0 Å². The molecule has 0 saturated carbocycles. The van der Waals surface area contributed by atoms with Crippen molar-refractivity contribution in [1.82, 2.24) is 20.0 Å². The van der Waals surface area contributed by atoms with Gasteiger partial charge < -0.3 is 24.8 Å². The van der Waals surface area contributed by atoms with Crippen LogP contribution in [-0.4, -0.2) is 106 Å². The van der Waals surface area contributed by atoms with E-state index in [1.54, 1.807) is 0 Å². The van der Waals surface area contributed by atoms with E-state index >= 15 is 0 Å². The predicted molar refractivity (Wildman–Crippen MR) is 126 cm³/mol. The van der Waals surface area contributed by atoms with Crippen LogP contribution in [0.3, 0.4) is 0 Å². The molecule has 3 rings (SSSR count). The van der Waals surface area contributed by atoms with Crippen LogP contribution in [0.25, 0.3) is 0 Å². The first-order valence-electron chi connectivity index (χ1n) is 11.4. The van der Waals surface area contributed by atoms with Gasteiger partial charge in [-0.1, -0.05) is 6.07 Å². The zero-order valence-electron chi connectivity index (χ0n) is 19.6. The maximum atomic E-state index is 12.5. The number of aryl methyl sites for hydroxylation is 1. The number of carbonyl (C=O) groups excluding carboxylic acids is 1. The minimum Gasteiger partial charge on any atom is -0.378 e. The molecular formula is C23H38N6O2. The summed E-state index contributed by atoms with van der Waals surface area (Å²) in [5.74, 6) is 1.17. The van der Waals surface area contributed by atoms with Crippen LogP contribution in [-0.2, 0) is 16.1 Å². The van der Waals surface area contributed by atoms with E-state index in [0.717, 1.165) is 38.7 Å². The molecule has 8 heteroatoms. The number of ether oxygens (including phenoxy) is 1. The molecule has 172 valence electrons. The number of benzene rings is 1. The Balaban J connectivity index is 1.54. The Morgan fingerprint density at radius 3 is 2.42 bits per heavy atom. The largest absolute Gasteiger partial charge is 0.378 e. The van der Waals surface area contributed by atoms with E-state index in [9.17, 15) is 4.79 Å². The van der Waals surface area contributed by atoms with Gasteiger partial charge in [0.05, 0.1) is 26.3 Å². The monoisotopic (exact) mass is 430 g/mol. The summed E-state index contributed by atoms with van der Waals surface area (Å²) in [5.41, 5.74) is 3.72. The molecule has 0 bridgehead atoms. The smallest absolute Gasteiger partial charge is 0.236 e. The molecule has 0 unspecified atom stereocenters. The van der Waals surface area contributed by atoms with Crippen LogP contribution in [0, 0.1) is 6.92 Å². The first-order chi connectivity index (χ1) is 15.0. The van der Waals surface area contributed by atoms with E-state index in [1.807, 2.05) is 4.90 Å². The zero-order valence-corrected chi connectivity index (χ0v) is 19.6. The van der Waals surface area contributed by atoms with Crippen molar-refractivity contribution in [2.75, 3.05) is 84.6 Å². The number of rotatable bonds is 6. The minimum atomic E-state index is 0.217. The van der Waals surface area contributed by atoms with Gasteiger partial charge in [0.2, 0.25) is 5.91 Å². The molecule has 0 radical (unpaired) electrons. The Morgan fingerprint density at radius 1 is 1.10 bits per heavy atom. The van der Waals surface area contributed by atoms with Crippen LogP contribution in [0.2, 0.25) is 0 Å². The Morgan fingerprint density at radius 2 is 1.81 bits per heavy atom. The van der Waals surface area contributed by atoms with Crippen LogP contribution in [0.15, 0.2) is 23.2 Å². The van der Waals surface area contributed by atoms with E-state index in [2.05, 4.69) is 66.2 Å². The van der Waals surface area contributed by atoms with Crippen molar-refractivity contribution in [3.63, 3.8) is 0 Å². The van der Waals surface area contributed by atoms with Gasteiger partial charge in [-0.15, -0.1) is 0 Å². The van der Waals surface area contributed by atoms with E-state index in [-0.39, 0.29) is 5.91 Å². The summed E-state index contributed by atoms with van der Waals surface area (Å²) in [6, 6.07) is 6.53. The maximum Gasteiger partial charge on any atom is 0.236 e. The summed E-state index contributed by atoms with van der Waals surface area (Å²) in [7, 11) is 4.12. The van der Waals surface area contributed by atoms with E-state index in [4.69, 9.17) is 9.73 Å². The number of anilines is 1. The molecule has 0 aromatic heterocycles. The summed E-state index contributed by atoms with van der Waals surface area (Å²) < 4.78 is 5.35. The number of hydrogen-bond donors (Lipinski definition) is 1. The standard InChI is InChI=1S/C23H38N6O2/c1-5-24-23(25-17-20-6-7-21(26(3)4)16-19(20)2)29-10-8-27(9-11-29)18-22(30)28-12-14-31-15-13-28/h6-7,16H,5,8-15,17-18H2,1-4H3,(H,24,25). The Hall–Kier alpha value is -2.32. The molecule has 1 aromatic rings. The van der Waals surface area contributed by atoms with Gasteiger partial charge in [0.25, 0.3) is 0 Å². The van der Waals surface area contributed by atoms with Crippen molar-refractivity contribution in [1.29, 1.82) is 0 Å². The van der Waals surface area contributed by atoms with Gasteiger partial charge in [0.1, 0.15) is 0 Å². The summed E-state index contributed by atoms with van der Waals surface area (Å²) >= 11 is 0. The fourth-order valence-electron chi connectivity index (χ4n) is 3.94. The number of amides is 1. The Labute approximate surface area is 186 Å². The highest BCUT2D eigenvalue weighted by molar-refractivity contribution is 5.80.